The highest BCUT2D eigenvalue weighted by Crippen LogP contribution is 2.25. The molecule has 0 atom stereocenters. The fourth-order valence-corrected chi connectivity index (χ4v) is 2.73. The van der Waals surface area contributed by atoms with Crippen LogP contribution in [0.25, 0.3) is 21.7 Å². The molecule has 0 bridgehead atoms. The summed E-state index contributed by atoms with van der Waals surface area (Å²) in [5.41, 5.74) is 0.379. The van der Waals surface area contributed by atoms with Crippen LogP contribution in [0, 0.1) is 0 Å². The second-order valence-electron chi connectivity index (χ2n) is 3.95. The van der Waals surface area contributed by atoms with E-state index in [9.17, 15) is 4.79 Å². The maximum absolute atomic E-state index is 12.4. The first-order valence-corrected chi connectivity index (χ1v) is 6.51. The Morgan fingerprint density at radius 2 is 1.94 bits per heavy atom. The third-order valence-corrected chi connectivity index (χ3v) is 3.71. The van der Waals surface area contributed by atoms with Gasteiger partial charge in [-0.2, -0.15) is 0 Å². The molecule has 18 heavy (non-hydrogen) atoms. The third-order valence-electron chi connectivity index (χ3n) is 2.82. The molecule has 0 spiro atoms. The van der Waals surface area contributed by atoms with Crippen molar-refractivity contribution in [1.29, 1.82) is 0 Å². The van der Waals surface area contributed by atoms with Crippen molar-refractivity contribution in [3.05, 3.63) is 62.3 Å². The number of nitrogens with zero attached hydrogens (tertiary/aromatic N) is 1. The zero-order valence-corrected chi connectivity index (χ0v) is 11.5. The summed E-state index contributed by atoms with van der Waals surface area (Å²) >= 11 is 9.45. The lowest BCUT2D eigenvalue weighted by atomic mass is 10.2. The molecular weight excluding hydrogens is 314 g/mol. The van der Waals surface area contributed by atoms with Gasteiger partial charge >= 0.3 is 0 Å². The Morgan fingerprint density at radius 1 is 1.11 bits per heavy atom. The largest absolute Gasteiger partial charge is 0.287 e. The Balaban J connectivity index is 2.69. The van der Waals surface area contributed by atoms with Gasteiger partial charge in [0, 0.05) is 26.5 Å². The molecule has 88 valence electrons. The summed E-state index contributed by atoms with van der Waals surface area (Å²) < 4.78 is 0.833. The molecular formula is C14H7BrClNO. The van der Waals surface area contributed by atoms with Crippen LogP contribution in [0.2, 0.25) is 5.02 Å². The summed E-state index contributed by atoms with van der Waals surface area (Å²) in [5, 5.41) is 2.83. The van der Waals surface area contributed by atoms with Crippen LogP contribution in [-0.2, 0) is 0 Å². The van der Waals surface area contributed by atoms with Gasteiger partial charge in [0.15, 0.2) is 0 Å². The highest BCUT2D eigenvalue weighted by molar-refractivity contribution is 9.10. The van der Waals surface area contributed by atoms with Crippen LogP contribution in [0.1, 0.15) is 0 Å². The molecule has 0 fully saturated rings. The number of hydrogen-bond acceptors (Lipinski definition) is 2. The number of hydrogen-bond donors (Lipinski definition) is 0. The zero-order valence-electron chi connectivity index (χ0n) is 9.15. The average Bonchev–Trinajstić information content (AvgIpc) is 2.47. The number of aromatic nitrogens is 1. The Labute approximate surface area is 116 Å². The Hall–Kier alpha value is -1.45. The van der Waals surface area contributed by atoms with Crippen LogP contribution in [-0.4, -0.2) is 4.98 Å². The van der Waals surface area contributed by atoms with E-state index in [-0.39, 0.29) is 5.43 Å². The lowest BCUT2D eigenvalue weighted by Crippen LogP contribution is -2.00. The van der Waals surface area contributed by atoms with E-state index in [0.717, 1.165) is 15.2 Å². The van der Waals surface area contributed by atoms with Crippen LogP contribution in [0.5, 0.6) is 0 Å². The van der Waals surface area contributed by atoms with Gasteiger partial charge in [0.2, 0.25) is 5.43 Å². The minimum atomic E-state index is -0.0806. The average molecular weight is 321 g/mol. The molecule has 0 aliphatic rings. The molecule has 0 N–H and O–H groups in total. The Bertz CT molecular complexity index is 832. The van der Waals surface area contributed by atoms with Gasteiger partial charge in [0.1, 0.15) is 5.52 Å². The molecule has 0 radical (unpaired) electrons. The molecule has 0 saturated heterocycles. The quantitative estimate of drug-likeness (QED) is 0.622. The molecule has 1 heterocycles. The minimum Gasteiger partial charge on any atom is -0.287 e. The lowest BCUT2D eigenvalue weighted by Gasteiger charge is -1.92. The number of halogens is 2. The number of benzene rings is 1. The zero-order chi connectivity index (χ0) is 12.7. The van der Waals surface area contributed by atoms with E-state index in [1.165, 1.54) is 0 Å². The summed E-state index contributed by atoms with van der Waals surface area (Å²) in [6, 6.07) is 10.8. The second-order valence-corrected chi connectivity index (χ2v) is 5.24. The van der Waals surface area contributed by atoms with Crippen LogP contribution >= 0.6 is 27.5 Å². The van der Waals surface area contributed by atoms with Gasteiger partial charge in [-0.3, -0.25) is 9.78 Å². The van der Waals surface area contributed by atoms with E-state index in [2.05, 4.69) is 20.9 Å². The van der Waals surface area contributed by atoms with Crippen molar-refractivity contribution in [1.82, 2.24) is 4.98 Å². The van der Waals surface area contributed by atoms with Gasteiger partial charge in [-0.1, -0.05) is 27.5 Å². The van der Waals surface area contributed by atoms with Crippen LogP contribution in [0.4, 0.5) is 0 Å². The minimum absolute atomic E-state index is 0.0806. The molecule has 4 heteroatoms. The van der Waals surface area contributed by atoms with Gasteiger partial charge in [-0.25, -0.2) is 0 Å². The first kappa shape index (κ1) is 11.6. The first-order chi connectivity index (χ1) is 8.66. The van der Waals surface area contributed by atoms with Crippen LogP contribution < -0.4 is 5.43 Å². The molecule has 0 amide bonds. The molecule has 0 aliphatic carbocycles. The molecule has 3 rings (SSSR count). The summed E-state index contributed by atoms with van der Waals surface area (Å²) in [7, 11) is 0. The third kappa shape index (κ3) is 1.80. The predicted molar refractivity (Wildman–Crippen MR) is 78.2 cm³/mol. The van der Waals surface area contributed by atoms with E-state index < -0.39 is 0 Å². The summed E-state index contributed by atoms with van der Waals surface area (Å²) in [4.78, 5) is 16.6. The van der Waals surface area contributed by atoms with Gasteiger partial charge < -0.3 is 0 Å². The lowest BCUT2D eigenvalue weighted by molar-refractivity contribution is 1.40. The van der Waals surface area contributed by atoms with Crippen molar-refractivity contribution < 1.29 is 0 Å². The van der Waals surface area contributed by atoms with Crippen molar-refractivity contribution >= 4 is 49.2 Å². The summed E-state index contributed by atoms with van der Waals surface area (Å²) in [6.07, 6.45) is 1.62. The molecule has 0 aliphatic heterocycles. The van der Waals surface area contributed by atoms with E-state index in [1.54, 1.807) is 24.4 Å². The normalized spacial score (nSPS) is 11.0. The Morgan fingerprint density at radius 3 is 2.78 bits per heavy atom. The van der Waals surface area contributed by atoms with E-state index in [0.29, 0.717) is 15.9 Å². The predicted octanol–water partition coefficient (Wildman–Crippen LogP) is 4.16. The molecule has 2 nitrogen and oxygen atoms in total. The summed E-state index contributed by atoms with van der Waals surface area (Å²) in [5.74, 6) is 0. The van der Waals surface area contributed by atoms with Crippen molar-refractivity contribution in [2.45, 2.75) is 0 Å². The van der Waals surface area contributed by atoms with Crippen molar-refractivity contribution in [3.8, 4) is 0 Å². The van der Waals surface area contributed by atoms with Crippen molar-refractivity contribution in [2.24, 2.45) is 0 Å². The van der Waals surface area contributed by atoms with Gasteiger partial charge in [-0.15, -0.1) is 0 Å². The number of fused-ring (bicyclic) bond motifs is 2. The monoisotopic (exact) mass is 319 g/mol. The molecule has 0 saturated carbocycles. The topological polar surface area (TPSA) is 30.0 Å². The Kier molecular flexibility index (Phi) is 2.80. The smallest absolute Gasteiger partial charge is 0.212 e. The van der Waals surface area contributed by atoms with Gasteiger partial charge in [0.25, 0.3) is 0 Å². The standard InChI is InChI=1S/C14H7BrClNO/c15-12-7-8-6-9(16)3-4-10(8)14(18)13-11(12)2-1-5-17-13/h1-7H. The highest BCUT2D eigenvalue weighted by Gasteiger charge is 2.06. The van der Waals surface area contributed by atoms with Gasteiger partial charge in [-0.05, 0) is 41.8 Å². The van der Waals surface area contributed by atoms with Crippen molar-refractivity contribution in [2.75, 3.05) is 0 Å². The maximum Gasteiger partial charge on any atom is 0.212 e. The van der Waals surface area contributed by atoms with E-state index in [1.807, 2.05) is 18.2 Å². The second kappa shape index (κ2) is 4.34. The highest BCUT2D eigenvalue weighted by atomic mass is 79.9. The van der Waals surface area contributed by atoms with Crippen molar-refractivity contribution in [3.63, 3.8) is 0 Å². The van der Waals surface area contributed by atoms with E-state index >= 15 is 0 Å². The van der Waals surface area contributed by atoms with E-state index in [4.69, 9.17) is 11.6 Å². The fourth-order valence-electron chi connectivity index (χ4n) is 1.98. The molecule has 2 aromatic carbocycles. The number of pyridine rings is 1. The molecule has 0 unspecified atom stereocenters. The first-order valence-electron chi connectivity index (χ1n) is 5.33. The molecule has 3 aromatic rings. The number of rotatable bonds is 0. The summed E-state index contributed by atoms with van der Waals surface area (Å²) in [6.45, 7) is 0. The fraction of sp³-hybridized carbons (Fsp3) is 0. The maximum atomic E-state index is 12.4. The molecule has 1 aromatic heterocycles. The van der Waals surface area contributed by atoms with Crippen LogP contribution in [0.3, 0.4) is 0 Å². The van der Waals surface area contributed by atoms with Gasteiger partial charge in [0.05, 0.1) is 0 Å². The van der Waals surface area contributed by atoms with Crippen LogP contribution in [0.15, 0.2) is 51.9 Å². The SMILES string of the molecule is O=c1c2ccc(Cl)cc2cc(Br)c2cccnc12.